The van der Waals surface area contributed by atoms with Crippen LogP contribution in [0.15, 0.2) is 18.3 Å². The van der Waals surface area contributed by atoms with Crippen LogP contribution in [0.2, 0.25) is 5.02 Å². The lowest BCUT2D eigenvalue weighted by molar-refractivity contribution is -0.138. The van der Waals surface area contributed by atoms with Crippen LogP contribution in [0.25, 0.3) is 11.3 Å². The highest BCUT2D eigenvalue weighted by molar-refractivity contribution is 6.34. The smallest absolute Gasteiger partial charge is 0.418 e. The zero-order chi connectivity index (χ0) is 17.6. The number of aromatic nitrogens is 1. The van der Waals surface area contributed by atoms with Crippen LogP contribution in [-0.4, -0.2) is 17.5 Å². The number of carbonyl (C=O) groups is 1. The van der Waals surface area contributed by atoms with Crippen LogP contribution in [0.1, 0.15) is 11.1 Å². The Labute approximate surface area is 138 Å². The van der Waals surface area contributed by atoms with Crippen molar-refractivity contribution in [1.82, 2.24) is 4.98 Å². The summed E-state index contributed by atoms with van der Waals surface area (Å²) < 4.78 is 58.0. The molecule has 24 heavy (non-hydrogen) atoms. The van der Waals surface area contributed by atoms with Gasteiger partial charge in [-0.3, -0.25) is 9.78 Å². The number of hydrogen-bond acceptors (Lipinski definition) is 3. The lowest BCUT2D eigenvalue weighted by atomic mass is 10.0. The first-order valence-electron chi connectivity index (χ1n) is 6.67. The predicted octanol–water partition coefficient (Wildman–Crippen LogP) is 4.20. The maximum atomic E-state index is 14.3. The summed E-state index contributed by atoms with van der Waals surface area (Å²) in [6.45, 7) is 0.932. The molecule has 1 aliphatic heterocycles. The molecule has 1 aromatic carbocycles. The molecule has 1 aromatic heterocycles. The second-order valence-electron chi connectivity index (χ2n) is 5.12. The molecule has 1 amide bonds. The molecule has 0 saturated heterocycles. The quantitative estimate of drug-likeness (QED) is 0.775. The number of rotatable bonds is 1. The summed E-state index contributed by atoms with van der Waals surface area (Å²) in [4.78, 5) is 15.0. The van der Waals surface area contributed by atoms with Crippen LogP contribution >= 0.6 is 11.6 Å². The molecule has 126 valence electrons. The summed E-state index contributed by atoms with van der Waals surface area (Å²) in [5.41, 5.74) is -1.35. The third-order valence-corrected chi connectivity index (χ3v) is 3.99. The highest BCUT2D eigenvalue weighted by Crippen LogP contribution is 2.40. The standard InChI is InChI=1S/C15H9ClF4N2O2/c1-6-8(15(18,19)20)4-21-14(13(6)16)7-2-10-11(3-9(7)17)24-5-12(23)22-10/h2-4H,5H2,1H3,(H,22,23). The number of benzene rings is 1. The Kier molecular flexibility index (Phi) is 3.87. The third-order valence-electron chi connectivity index (χ3n) is 3.53. The van der Waals surface area contributed by atoms with E-state index < -0.39 is 23.5 Å². The predicted molar refractivity (Wildman–Crippen MR) is 78.5 cm³/mol. The Morgan fingerprint density at radius 1 is 1.33 bits per heavy atom. The van der Waals surface area contributed by atoms with Gasteiger partial charge in [0, 0.05) is 17.8 Å². The van der Waals surface area contributed by atoms with E-state index >= 15 is 0 Å². The molecule has 0 unspecified atom stereocenters. The average Bonchev–Trinajstić information content (AvgIpc) is 2.49. The fourth-order valence-electron chi connectivity index (χ4n) is 2.34. The number of ether oxygens (including phenoxy) is 1. The Morgan fingerprint density at radius 2 is 2.04 bits per heavy atom. The fraction of sp³-hybridized carbons (Fsp3) is 0.200. The molecule has 0 saturated carbocycles. The summed E-state index contributed by atoms with van der Waals surface area (Å²) >= 11 is 5.98. The van der Waals surface area contributed by atoms with Crippen molar-refractivity contribution < 1.29 is 27.1 Å². The van der Waals surface area contributed by atoms with Crippen LogP contribution in [0, 0.1) is 12.7 Å². The second-order valence-corrected chi connectivity index (χ2v) is 5.50. The van der Waals surface area contributed by atoms with Crippen LogP contribution in [-0.2, 0) is 11.0 Å². The number of pyridine rings is 1. The second kappa shape index (κ2) is 5.62. The molecule has 1 N–H and O–H groups in total. The van der Waals surface area contributed by atoms with E-state index in [1.165, 1.54) is 13.0 Å². The van der Waals surface area contributed by atoms with Gasteiger partial charge in [0.2, 0.25) is 0 Å². The number of fused-ring (bicyclic) bond motifs is 1. The van der Waals surface area contributed by atoms with Gasteiger partial charge in [-0.05, 0) is 18.6 Å². The van der Waals surface area contributed by atoms with Gasteiger partial charge in [0.25, 0.3) is 5.91 Å². The number of amides is 1. The van der Waals surface area contributed by atoms with Crippen molar-refractivity contribution in [3.05, 3.63) is 40.3 Å². The van der Waals surface area contributed by atoms with Gasteiger partial charge in [-0.15, -0.1) is 0 Å². The van der Waals surface area contributed by atoms with Crippen molar-refractivity contribution in [3.63, 3.8) is 0 Å². The van der Waals surface area contributed by atoms with Gasteiger partial charge in [-0.25, -0.2) is 4.39 Å². The molecule has 0 radical (unpaired) electrons. The van der Waals surface area contributed by atoms with E-state index in [4.69, 9.17) is 16.3 Å². The highest BCUT2D eigenvalue weighted by Gasteiger charge is 2.34. The molecule has 0 fully saturated rings. The van der Waals surface area contributed by atoms with Crippen molar-refractivity contribution in [2.45, 2.75) is 13.1 Å². The first-order valence-corrected chi connectivity index (χ1v) is 7.05. The zero-order valence-corrected chi connectivity index (χ0v) is 12.8. The molecule has 3 rings (SSSR count). The Morgan fingerprint density at radius 3 is 2.71 bits per heavy atom. The van der Waals surface area contributed by atoms with Gasteiger partial charge in [0.05, 0.1) is 22.0 Å². The molecule has 0 atom stereocenters. The van der Waals surface area contributed by atoms with E-state index in [2.05, 4.69) is 10.3 Å². The average molecular weight is 361 g/mol. The van der Waals surface area contributed by atoms with E-state index in [1.807, 2.05) is 0 Å². The van der Waals surface area contributed by atoms with Crippen molar-refractivity contribution in [3.8, 4) is 17.0 Å². The molecule has 0 bridgehead atoms. The molecule has 0 spiro atoms. The maximum absolute atomic E-state index is 14.3. The minimum atomic E-state index is -4.62. The molecule has 2 heterocycles. The number of anilines is 1. The number of nitrogens with zero attached hydrogens (tertiary/aromatic N) is 1. The molecule has 2 aromatic rings. The van der Waals surface area contributed by atoms with E-state index in [0.717, 1.165) is 6.07 Å². The Hall–Kier alpha value is -2.35. The number of carbonyl (C=O) groups excluding carboxylic acids is 1. The monoisotopic (exact) mass is 360 g/mol. The molecular weight excluding hydrogens is 352 g/mol. The fourth-order valence-corrected chi connectivity index (χ4v) is 2.59. The van der Waals surface area contributed by atoms with Gasteiger partial charge in [0.1, 0.15) is 11.6 Å². The van der Waals surface area contributed by atoms with Crippen molar-refractivity contribution in [1.29, 1.82) is 0 Å². The topological polar surface area (TPSA) is 51.2 Å². The lowest BCUT2D eigenvalue weighted by Crippen LogP contribution is -2.25. The van der Waals surface area contributed by atoms with E-state index in [1.54, 1.807) is 0 Å². The summed E-state index contributed by atoms with van der Waals surface area (Å²) in [5.74, 6) is -1.09. The highest BCUT2D eigenvalue weighted by atomic mass is 35.5. The SMILES string of the molecule is Cc1c(C(F)(F)F)cnc(-c2cc3c(cc2F)OCC(=O)N3)c1Cl. The van der Waals surface area contributed by atoms with Crippen LogP contribution in [0.5, 0.6) is 5.75 Å². The molecule has 0 aliphatic carbocycles. The number of halogens is 5. The van der Waals surface area contributed by atoms with Crippen molar-refractivity contribution >= 4 is 23.2 Å². The van der Waals surface area contributed by atoms with E-state index in [-0.39, 0.29) is 39.9 Å². The largest absolute Gasteiger partial charge is 0.481 e. The molecular formula is C15H9ClF4N2O2. The van der Waals surface area contributed by atoms with Gasteiger partial charge >= 0.3 is 6.18 Å². The van der Waals surface area contributed by atoms with Gasteiger partial charge in [-0.2, -0.15) is 13.2 Å². The minimum absolute atomic E-state index is 0.121. The number of nitrogens with one attached hydrogen (secondary N) is 1. The summed E-state index contributed by atoms with van der Waals surface area (Å²) in [6, 6.07) is 2.25. The Bertz CT molecular complexity index is 852. The first-order chi connectivity index (χ1) is 11.2. The summed E-state index contributed by atoms with van der Waals surface area (Å²) in [6.07, 6.45) is -4.01. The normalized spacial score (nSPS) is 14.0. The van der Waals surface area contributed by atoms with Gasteiger partial charge in [-0.1, -0.05) is 11.6 Å². The van der Waals surface area contributed by atoms with E-state index in [0.29, 0.717) is 6.20 Å². The van der Waals surface area contributed by atoms with Gasteiger partial charge in [0.15, 0.2) is 6.61 Å². The molecule has 1 aliphatic rings. The molecule has 4 nitrogen and oxygen atoms in total. The van der Waals surface area contributed by atoms with Crippen molar-refractivity contribution in [2.24, 2.45) is 0 Å². The van der Waals surface area contributed by atoms with Crippen LogP contribution < -0.4 is 10.1 Å². The summed E-state index contributed by atoms with van der Waals surface area (Å²) in [5, 5.41) is 2.17. The number of hydrogen-bond donors (Lipinski definition) is 1. The zero-order valence-electron chi connectivity index (χ0n) is 12.1. The molecule has 9 heteroatoms. The van der Waals surface area contributed by atoms with Crippen LogP contribution in [0.4, 0.5) is 23.2 Å². The third kappa shape index (κ3) is 2.77. The summed E-state index contributed by atoms with van der Waals surface area (Å²) in [7, 11) is 0. The number of alkyl halides is 3. The van der Waals surface area contributed by atoms with Crippen LogP contribution in [0.3, 0.4) is 0 Å². The minimum Gasteiger partial charge on any atom is -0.481 e. The van der Waals surface area contributed by atoms with Gasteiger partial charge < -0.3 is 10.1 Å². The van der Waals surface area contributed by atoms with E-state index in [9.17, 15) is 22.4 Å². The maximum Gasteiger partial charge on any atom is 0.418 e. The van der Waals surface area contributed by atoms with Crippen molar-refractivity contribution in [2.75, 3.05) is 11.9 Å². The lowest BCUT2D eigenvalue weighted by Gasteiger charge is -2.20. The first kappa shape index (κ1) is 16.5. The Balaban J connectivity index is 2.15.